The lowest BCUT2D eigenvalue weighted by Gasteiger charge is -2.52. The van der Waals surface area contributed by atoms with Gasteiger partial charge < -0.3 is 14.7 Å². The highest BCUT2D eigenvalue weighted by Gasteiger charge is 2.61. The summed E-state index contributed by atoms with van der Waals surface area (Å²) < 4.78 is 5.29. The Hall–Kier alpha value is -2.82. The van der Waals surface area contributed by atoms with E-state index in [2.05, 4.69) is 21.2 Å². The molecule has 8 nitrogen and oxygen atoms in total. The number of carbonyl (C=O) groups is 3. The molecule has 2 aromatic carbocycles. The number of amides is 2. The third-order valence-electron chi connectivity index (χ3n) is 6.35. The number of alkyl halides is 1. The van der Waals surface area contributed by atoms with E-state index >= 15 is 0 Å². The molecule has 2 heterocycles. The van der Waals surface area contributed by atoms with Crippen LogP contribution in [0.4, 0.5) is 0 Å². The van der Waals surface area contributed by atoms with E-state index in [1.54, 1.807) is 4.90 Å². The highest BCUT2D eigenvalue weighted by atomic mass is 79.9. The lowest BCUT2D eigenvalue weighted by atomic mass is 10.00. The monoisotopic (exact) mass is 573 g/mol. The first kappa shape index (κ1) is 26.2. The van der Waals surface area contributed by atoms with Crippen molar-refractivity contribution < 1.29 is 24.2 Å². The second kappa shape index (κ2) is 10.7. The molecule has 0 saturated carbocycles. The van der Waals surface area contributed by atoms with Gasteiger partial charge in [-0.15, -0.1) is 11.8 Å². The van der Waals surface area contributed by atoms with Crippen LogP contribution in [0.25, 0.3) is 0 Å². The summed E-state index contributed by atoms with van der Waals surface area (Å²) in [5.41, 5.74) is 0.781. The summed E-state index contributed by atoms with van der Waals surface area (Å²) in [5.74, 6) is -1.27. The Morgan fingerprint density at radius 1 is 1.08 bits per heavy atom. The lowest BCUT2D eigenvalue weighted by Crippen LogP contribution is -2.73. The van der Waals surface area contributed by atoms with E-state index in [9.17, 15) is 19.5 Å². The summed E-state index contributed by atoms with van der Waals surface area (Å²) in [4.78, 5) is 42.4. The van der Waals surface area contributed by atoms with E-state index < -0.39 is 35.0 Å². The summed E-state index contributed by atoms with van der Waals surface area (Å²) in [6, 6.07) is 17.6. The molecule has 0 radical (unpaired) electrons. The molecule has 190 valence electrons. The first-order valence-corrected chi connectivity index (χ1v) is 13.6. The van der Waals surface area contributed by atoms with Crippen molar-refractivity contribution in [3.8, 4) is 0 Å². The SMILES string of the molecule is COC(CBr)=C(C(=O)O)N1C(=O)C(N2C(=O)C(c3ccccc3)NC2(C)C)C1SCc1ccccc1. The minimum Gasteiger partial charge on any atom is -0.498 e. The maximum Gasteiger partial charge on any atom is 0.356 e. The number of ether oxygens (including phenoxy) is 1. The number of likely N-dealkylation sites (tertiary alicyclic amines) is 1. The van der Waals surface area contributed by atoms with Gasteiger partial charge in [-0.25, -0.2) is 4.79 Å². The highest BCUT2D eigenvalue weighted by molar-refractivity contribution is 9.09. The third-order valence-corrected chi connectivity index (χ3v) is 8.17. The molecule has 0 aromatic heterocycles. The van der Waals surface area contributed by atoms with Crippen molar-refractivity contribution in [2.45, 2.75) is 42.7 Å². The number of β-lactam (4-membered cyclic amide) rings is 1. The van der Waals surface area contributed by atoms with E-state index in [4.69, 9.17) is 4.74 Å². The van der Waals surface area contributed by atoms with Crippen LogP contribution in [-0.2, 0) is 24.9 Å². The molecule has 0 aliphatic carbocycles. The molecule has 0 bridgehead atoms. The Morgan fingerprint density at radius 3 is 2.25 bits per heavy atom. The molecule has 2 aliphatic rings. The number of thioether (sulfide) groups is 1. The molecule has 2 fully saturated rings. The van der Waals surface area contributed by atoms with Gasteiger partial charge in [0.25, 0.3) is 5.91 Å². The van der Waals surface area contributed by atoms with Crippen molar-refractivity contribution in [1.29, 1.82) is 0 Å². The Bertz CT molecular complexity index is 1170. The molecular formula is C26H28BrN3O5S. The van der Waals surface area contributed by atoms with Gasteiger partial charge in [-0.2, -0.15) is 0 Å². The van der Waals surface area contributed by atoms with Crippen LogP contribution in [0.1, 0.15) is 31.0 Å². The van der Waals surface area contributed by atoms with E-state index in [-0.39, 0.29) is 22.7 Å². The third kappa shape index (κ3) is 4.77. The van der Waals surface area contributed by atoms with Crippen LogP contribution in [0.5, 0.6) is 0 Å². The average molecular weight is 574 g/mol. The predicted octanol–water partition coefficient (Wildman–Crippen LogP) is 3.70. The number of carbonyl (C=O) groups excluding carboxylic acids is 2. The van der Waals surface area contributed by atoms with Crippen LogP contribution in [0.3, 0.4) is 0 Å². The number of benzene rings is 2. The van der Waals surface area contributed by atoms with Crippen LogP contribution in [0.15, 0.2) is 72.1 Å². The molecule has 2 N–H and O–H groups in total. The summed E-state index contributed by atoms with van der Waals surface area (Å²) in [7, 11) is 1.37. The number of halogens is 1. The van der Waals surface area contributed by atoms with Gasteiger partial charge in [0.2, 0.25) is 5.91 Å². The quantitative estimate of drug-likeness (QED) is 0.204. The average Bonchev–Trinajstić information content (AvgIpc) is 3.11. The van der Waals surface area contributed by atoms with E-state index in [1.165, 1.54) is 23.8 Å². The van der Waals surface area contributed by atoms with E-state index in [1.807, 2.05) is 74.5 Å². The molecule has 3 unspecified atom stereocenters. The number of rotatable bonds is 9. The topological polar surface area (TPSA) is 99.2 Å². The van der Waals surface area contributed by atoms with E-state index in [0.29, 0.717) is 5.75 Å². The largest absolute Gasteiger partial charge is 0.498 e. The van der Waals surface area contributed by atoms with Crippen molar-refractivity contribution in [3.63, 3.8) is 0 Å². The molecule has 4 rings (SSSR count). The first-order valence-electron chi connectivity index (χ1n) is 11.4. The minimum absolute atomic E-state index is 0.126. The van der Waals surface area contributed by atoms with Gasteiger partial charge in [0, 0.05) is 5.75 Å². The molecule has 0 spiro atoms. The minimum atomic E-state index is -1.27. The Labute approximate surface area is 222 Å². The fourth-order valence-electron chi connectivity index (χ4n) is 4.67. The Kier molecular flexibility index (Phi) is 7.77. The number of hydrogen-bond acceptors (Lipinski definition) is 6. The van der Waals surface area contributed by atoms with Gasteiger partial charge in [0.15, 0.2) is 5.70 Å². The Balaban J connectivity index is 1.71. The van der Waals surface area contributed by atoms with Crippen LogP contribution in [0.2, 0.25) is 0 Å². The molecule has 36 heavy (non-hydrogen) atoms. The number of hydrogen-bond donors (Lipinski definition) is 2. The van der Waals surface area contributed by atoms with Gasteiger partial charge in [-0.05, 0) is 25.0 Å². The van der Waals surface area contributed by atoms with Crippen LogP contribution >= 0.6 is 27.7 Å². The molecule has 10 heteroatoms. The van der Waals surface area contributed by atoms with Gasteiger partial charge in [-0.1, -0.05) is 76.6 Å². The van der Waals surface area contributed by atoms with Gasteiger partial charge in [0.1, 0.15) is 23.2 Å². The lowest BCUT2D eigenvalue weighted by molar-refractivity contribution is -0.162. The van der Waals surface area contributed by atoms with Crippen LogP contribution in [0, 0.1) is 0 Å². The summed E-state index contributed by atoms with van der Waals surface area (Å²) in [6.07, 6.45) is 0. The zero-order chi connectivity index (χ0) is 26.0. The number of methoxy groups -OCH3 is 1. The summed E-state index contributed by atoms with van der Waals surface area (Å²) in [6.45, 7) is 3.71. The number of nitrogens with zero attached hydrogens (tertiary/aromatic N) is 2. The predicted molar refractivity (Wildman–Crippen MR) is 141 cm³/mol. The standard InChI is InChI=1S/C26H28BrN3O5S/c1-26(2)28-19(17-12-8-5-9-13-17)22(31)30(26)21-23(32)29(20(25(33)34)18(14-27)35-3)24(21)36-15-16-10-6-4-7-11-16/h4-13,19,21,24,28H,14-15H2,1-3H3,(H,33,34). The molecule has 3 atom stereocenters. The Morgan fingerprint density at radius 2 is 1.69 bits per heavy atom. The van der Waals surface area contributed by atoms with Crippen molar-refractivity contribution in [3.05, 3.63) is 83.2 Å². The van der Waals surface area contributed by atoms with Crippen molar-refractivity contribution in [1.82, 2.24) is 15.1 Å². The zero-order valence-corrected chi connectivity index (χ0v) is 22.6. The second-order valence-electron chi connectivity index (χ2n) is 9.01. The maximum atomic E-state index is 13.7. The number of carboxylic acid groups (broad SMARTS) is 1. The van der Waals surface area contributed by atoms with Crippen molar-refractivity contribution in [2.75, 3.05) is 12.4 Å². The van der Waals surface area contributed by atoms with Gasteiger partial charge >= 0.3 is 5.97 Å². The molecule has 2 saturated heterocycles. The maximum absolute atomic E-state index is 13.7. The van der Waals surface area contributed by atoms with Crippen molar-refractivity contribution in [2.24, 2.45) is 0 Å². The fourth-order valence-corrected chi connectivity index (χ4v) is 6.50. The number of carboxylic acids is 1. The smallest absolute Gasteiger partial charge is 0.356 e. The number of nitrogens with one attached hydrogen (secondary N) is 1. The normalized spacial score (nSPS) is 23.8. The van der Waals surface area contributed by atoms with Crippen molar-refractivity contribution >= 4 is 45.5 Å². The van der Waals surface area contributed by atoms with Crippen LogP contribution in [-0.4, -0.2) is 62.2 Å². The summed E-state index contributed by atoms with van der Waals surface area (Å²) in [5, 5.41) is 12.9. The molecular weight excluding hydrogens is 546 g/mol. The molecule has 2 amide bonds. The van der Waals surface area contributed by atoms with E-state index in [0.717, 1.165) is 11.1 Å². The van der Waals surface area contributed by atoms with Crippen LogP contribution < -0.4 is 5.32 Å². The summed E-state index contributed by atoms with van der Waals surface area (Å²) >= 11 is 4.68. The fraction of sp³-hybridized carbons (Fsp3) is 0.346. The van der Waals surface area contributed by atoms with Gasteiger partial charge in [-0.3, -0.25) is 19.8 Å². The number of aliphatic carboxylic acids is 1. The first-order chi connectivity index (χ1) is 17.2. The molecule has 2 aliphatic heterocycles. The van der Waals surface area contributed by atoms with Gasteiger partial charge in [0.05, 0.1) is 18.1 Å². The second-order valence-corrected chi connectivity index (χ2v) is 10.7. The number of allylic oxidation sites excluding steroid dienone is 1. The zero-order valence-electron chi connectivity index (χ0n) is 20.2. The highest BCUT2D eigenvalue weighted by Crippen LogP contribution is 2.44. The molecule has 2 aromatic rings.